The quantitative estimate of drug-likeness (QED) is 0.862. The first-order valence-electron chi connectivity index (χ1n) is 7.16. The maximum atomic E-state index is 12.1. The van der Waals surface area contributed by atoms with E-state index in [1.165, 1.54) is 0 Å². The Morgan fingerprint density at radius 2 is 1.82 bits per heavy atom. The molecule has 0 aliphatic rings. The molecule has 0 fully saturated rings. The number of nitrogens with zero attached hydrogens (tertiary/aromatic N) is 1. The molecule has 0 saturated carbocycles. The summed E-state index contributed by atoms with van der Waals surface area (Å²) in [4.78, 5) is 23.6. The number of carbonyl (C=O) groups excluding carboxylic acids is 2. The molecule has 1 N–H and O–H groups in total. The fourth-order valence-corrected chi connectivity index (χ4v) is 2.18. The molecule has 2 aromatic rings. The van der Waals surface area contributed by atoms with Crippen molar-refractivity contribution in [3.05, 3.63) is 48.2 Å². The standard InChI is InChI=1S/C17H20N2O3/c1-12(2)18-16(20)11-22-17(21)15-10-9-14(19(15)3)13-7-5-4-6-8-13/h4-10,12H,11H2,1-3H3,(H,18,20). The number of esters is 1. The monoisotopic (exact) mass is 300 g/mol. The zero-order valence-electron chi connectivity index (χ0n) is 13.0. The zero-order valence-corrected chi connectivity index (χ0v) is 13.0. The highest BCUT2D eigenvalue weighted by Gasteiger charge is 2.16. The number of hydrogen-bond donors (Lipinski definition) is 1. The number of rotatable bonds is 5. The van der Waals surface area contributed by atoms with Crippen LogP contribution in [0.25, 0.3) is 11.3 Å². The Morgan fingerprint density at radius 1 is 1.14 bits per heavy atom. The number of benzene rings is 1. The average molecular weight is 300 g/mol. The lowest BCUT2D eigenvalue weighted by molar-refractivity contribution is -0.124. The number of hydrogen-bond acceptors (Lipinski definition) is 3. The summed E-state index contributed by atoms with van der Waals surface area (Å²) in [7, 11) is 1.80. The largest absolute Gasteiger partial charge is 0.451 e. The normalized spacial score (nSPS) is 10.5. The van der Waals surface area contributed by atoms with E-state index in [4.69, 9.17) is 4.74 Å². The summed E-state index contributed by atoms with van der Waals surface area (Å²) in [5, 5.41) is 2.67. The summed E-state index contributed by atoms with van der Waals surface area (Å²) in [5.41, 5.74) is 2.34. The van der Waals surface area contributed by atoms with Gasteiger partial charge in [-0.15, -0.1) is 0 Å². The van der Waals surface area contributed by atoms with Crippen LogP contribution in [-0.4, -0.2) is 29.1 Å². The van der Waals surface area contributed by atoms with Gasteiger partial charge in [-0.2, -0.15) is 0 Å². The molecule has 1 aromatic heterocycles. The molecule has 116 valence electrons. The van der Waals surface area contributed by atoms with Crippen molar-refractivity contribution >= 4 is 11.9 Å². The Hall–Kier alpha value is -2.56. The van der Waals surface area contributed by atoms with Gasteiger partial charge in [-0.25, -0.2) is 4.79 Å². The van der Waals surface area contributed by atoms with Crippen molar-refractivity contribution in [2.24, 2.45) is 7.05 Å². The minimum absolute atomic E-state index is 0.0194. The molecule has 0 radical (unpaired) electrons. The highest BCUT2D eigenvalue weighted by Crippen LogP contribution is 2.21. The second kappa shape index (κ2) is 6.93. The number of amides is 1. The highest BCUT2D eigenvalue weighted by atomic mass is 16.5. The Morgan fingerprint density at radius 3 is 2.45 bits per heavy atom. The van der Waals surface area contributed by atoms with E-state index < -0.39 is 5.97 Å². The lowest BCUT2D eigenvalue weighted by Gasteiger charge is -2.10. The molecule has 0 unspecified atom stereocenters. The van der Waals surface area contributed by atoms with Gasteiger partial charge in [0.15, 0.2) is 6.61 Å². The van der Waals surface area contributed by atoms with Crippen LogP contribution in [0.3, 0.4) is 0 Å². The second-order valence-electron chi connectivity index (χ2n) is 5.33. The summed E-state index contributed by atoms with van der Waals surface area (Å²) >= 11 is 0. The van der Waals surface area contributed by atoms with Crippen LogP contribution in [0.5, 0.6) is 0 Å². The summed E-state index contributed by atoms with van der Waals surface area (Å²) < 4.78 is 6.81. The third-order valence-corrected chi connectivity index (χ3v) is 3.18. The molecule has 1 amide bonds. The Balaban J connectivity index is 2.06. The molecule has 22 heavy (non-hydrogen) atoms. The molecule has 2 rings (SSSR count). The van der Waals surface area contributed by atoms with E-state index in [1.807, 2.05) is 50.2 Å². The van der Waals surface area contributed by atoms with E-state index in [1.54, 1.807) is 17.7 Å². The van der Waals surface area contributed by atoms with Gasteiger partial charge in [0.25, 0.3) is 5.91 Å². The van der Waals surface area contributed by atoms with Gasteiger partial charge in [-0.1, -0.05) is 30.3 Å². The Kier molecular flexibility index (Phi) is 4.99. The number of nitrogens with one attached hydrogen (secondary N) is 1. The predicted octanol–water partition coefficient (Wildman–Crippen LogP) is 2.37. The van der Waals surface area contributed by atoms with Crippen LogP contribution in [-0.2, 0) is 16.6 Å². The smallest absolute Gasteiger partial charge is 0.355 e. The van der Waals surface area contributed by atoms with Gasteiger partial charge in [0.05, 0.1) is 0 Å². The van der Waals surface area contributed by atoms with Gasteiger partial charge in [0.1, 0.15) is 5.69 Å². The van der Waals surface area contributed by atoms with Crippen LogP contribution in [0.2, 0.25) is 0 Å². The van der Waals surface area contributed by atoms with Crippen LogP contribution in [0.4, 0.5) is 0 Å². The lowest BCUT2D eigenvalue weighted by atomic mass is 10.2. The Labute approximate surface area is 129 Å². The van der Waals surface area contributed by atoms with Gasteiger partial charge in [-0.3, -0.25) is 4.79 Å². The van der Waals surface area contributed by atoms with Crippen LogP contribution in [0.15, 0.2) is 42.5 Å². The maximum Gasteiger partial charge on any atom is 0.355 e. The van der Waals surface area contributed by atoms with E-state index in [-0.39, 0.29) is 18.6 Å². The first kappa shape index (κ1) is 15.8. The molecular weight excluding hydrogens is 280 g/mol. The summed E-state index contributed by atoms with van der Waals surface area (Å²) in [6.45, 7) is 3.43. The molecule has 0 bridgehead atoms. The van der Waals surface area contributed by atoms with E-state index >= 15 is 0 Å². The molecule has 5 nitrogen and oxygen atoms in total. The van der Waals surface area contributed by atoms with Gasteiger partial charge in [-0.05, 0) is 31.5 Å². The lowest BCUT2D eigenvalue weighted by Crippen LogP contribution is -2.34. The minimum atomic E-state index is -0.511. The Bertz CT molecular complexity index is 660. The van der Waals surface area contributed by atoms with Crippen molar-refractivity contribution in [1.29, 1.82) is 0 Å². The summed E-state index contributed by atoms with van der Waals surface area (Å²) in [6.07, 6.45) is 0. The van der Waals surface area contributed by atoms with Crippen molar-refractivity contribution < 1.29 is 14.3 Å². The molecule has 0 saturated heterocycles. The van der Waals surface area contributed by atoms with Gasteiger partial charge >= 0.3 is 5.97 Å². The van der Waals surface area contributed by atoms with Crippen molar-refractivity contribution in [3.8, 4) is 11.3 Å². The van der Waals surface area contributed by atoms with Crippen LogP contribution >= 0.6 is 0 Å². The maximum absolute atomic E-state index is 12.1. The summed E-state index contributed by atoms with van der Waals surface area (Å²) in [6, 6.07) is 13.3. The first-order chi connectivity index (χ1) is 10.5. The molecule has 1 heterocycles. The van der Waals surface area contributed by atoms with Crippen LogP contribution in [0, 0.1) is 0 Å². The average Bonchev–Trinajstić information content (AvgIpc) is 2.87. The first-order valence-corrected chi connectivity index (χ1v) is 7.16. The van der Waals surface area contributed by atoms with Gasteiger partial charge in [0, 0.05) is 18.8 Å². The molecule has 0 aliphatic carbocycles. The summed E-state index contributed by atoms with van der Waals surface area (Å²) in [5.74, 6) is -0.815. The number of aromatic nitrogens is 1. The number of carbonyl (C=O) groups is 2. The molecular formula is C17H20N2O3. The SMILES string of the molecule is CC(C)NC(=O)COC(=O)c1ccc(-c2ccccc2)n1C. The van der Waals surface area contributed by atoms with Crippen LogP contribution < -0.4 is 5.32 Å². The highest BCUT2D eigenvalue weighted by molar-refractivity contribution is 5.91. The zero-order chi connectivity index (χ0) is 16.1. The van der Waals surface area contributed by atoms with Crippen LogP contribution in [0.1, 0.15) is 24.3 Å². The minimum Gasteiger partial charge on any atom is -0.451 e. The van der Waals surface area contributed by atoms with Gasteiger partial charge in [0.2, 0.25) is 0 Å². The van der Waals surface area contributed by atoms with Crippen molar-refractivity contribution in [2.45, 2.75) is 19.9 Å². The van der Waals surface area contributed by atoms with E-state index in [2.05, 4.69) is 5.32 Å². The van der Waals surface area contributed by atoms with Crippen molar-refractivity contribution in [1.82, 2.24) is 9.88 Å². The van der Waals surface area contributed by atoms with E-state index in [0.717, 1.165) is 11.3 Å². The molecule has 5 heteroatoms. The third kappa shape index (κ3) is 3.75. The molecule has 0 spiro atoms. The van der Waals surface area contributed by atoms with Crippen molar-refractivity contribution in [3.63, 3.8) is 0 Å². The second-order valence-corrected chi connectivity index (χ2v) is 5.33. The third-order valence-electron chi connectivity index (χ3n) is 3.18. The fourth-order valence-electron chi connectivity index (χ4n) is 2.18. The van der Waals surface area contributed by atoms with E-state index in [0.29, 0.717) is 5.69 Å². The predicted molar refractivity (Wildman–Crippen MR) is 84.4 cm³/mol. The fraction of sp³-hybridized carbons (Fsp3) is 0.294. The van der Waals surface area contributed by atoms with E-state index in [9.17, 15) is 9.59 Å². The molecule has 1 aromatic carbocycles. The molecule has 0 aliphatic heterocycles. The van der Waals surface area contributed by atoms with Gasteiger partial charge < -0.3 is 14.6 Å². The topological polar surface area (TPSA) is 60.3 Å². The molecule has 0 atom stereocenters. The van der Waals surface area contributed by atoms with Crippen molar-refractivity contribution in [2.75, 3.05) is 6.61 Å². The number of ether oxygens (including phenoxy) is 1.